The first kappa shape index (κ1) is 54.4. The van der Waals surface area contributed by atoms with E-state index in [1.807, 2.05) is 0 Å². The molecule has 8 rings (SSSR count). The summed E-state index contributed by atoms with van der Waals surface area (Å²) in [6, 6.07) is 52.1. The van der Waals surface area contributed by atoms with Gasteiger partial charge in [0.1, 0.15) is 28.2 Å². The number of hydrogen-bond acceptors (Lipinski definition) is 0. The highest BCUT2D eigenvalue weighted by Crippen LogP contribution is 2.26. The van der Waals surface area contributed by atoms with Crippen LogP contribution in [0.2, 0.25) is 0 Å². The maximum Gasteiger partial charge on any atom is 0.212 e. The summed E-state index contributed by atoms with van der Waals surface area (Å²) in [6.45, 7) is 26.7. The van der Waals surface area contributed by atoms with E-state index in [1.165, 1.54) is 89.5 Å². The van der Waals surface area contributed by atoms with E-state index in [4.69, 9.17) is 0 Å². The molecular formula is C66H84N4+4. The van der Waals surface area contributed by atoms with Gasteiger partial charge < -0.3 is 0 Å². The molecule has 0 N–H and O–H groups in total. The predicted molar refractivity (Wildman–Crippen MR) is 296 cm³/mol. The minimum atomic E-state index is 0.331. The second-order valence-corrected chi connectivity index (χ2v) is 21.2. The third-order valence-corrected chi connectivity index (χ3v) is 12.9. The van der Waals surface area contributed by atoms with Crippen LogP contribution in [0.3, 0.4) is 0 Å². The van der Waals surface area contributed by atoms with Gasteiger partial charge in [0, 0.05) is 69.8 Å². The van der Waals surface area contributed by atoms with Crippen molar-refractivity contribution in [2.75, 3.05) is 0 Å². The molecule has 4 nitrogen and oxygen atoms in total. The van der Waals surface area contributed by atoms with Gasteiger partial charge in [0.2, 0.25) is 22.8 Å². The van der Waals surface area contributed by atoms with Crippen LogP contribution in [0, 0.1) is 39.0 Å². The van der Waals surface area contributed by atoms with Gasteiger partial charge in [-0.15, -0.1) is 0 Å². The Bertz CT molecular complexity index is 2950. The van der Waals surface area contributed by atoms with E-state index in [1.54, 1.807) is 0 Å². The molecule has 0 aliphatic rings. The topological polar surface area (TPSA) is 15.5 Å². The Morgan fingerprint density at radius 1 is 0.414 bits per heavy atom. The van der Waals surface area contributed by atoms with Crippen molar-refractivity contribution in [3.63, 3.8) is 0 Å². The summed E-state index contributed by atoms with van der Waals surface area (Å²) in [7, 11) is 8.46. The maximum atomic E-state index is 2.30. The zero-order chi connectivity index (χ0) is 51.1. The lowest BCUT2D eigenvalue weighted by Gasteiger charge is -2.17. The monoisotopic (exact) mass is 933 g/mol. The molecule has 8 aromatic rings. The number of aryl methyl sites for hydroxylation is 9. The molecule has 0 atom stereocenters. The summed E-state index contributed by atoms with van der Waals surface area (Å²) in [4.78, 5) is 0. The van der Waals surface area contributed by atoms with E-state index in [2.05, 4.69) is 300 Å². The van der Waals surface area contributed by atoms with E-state index in [-0.39, 0.29) is 0 Å². The third kappa shape index (κ3) is 15.5. The fourth-order valence-electron chi connectivity index (χ4n) is 8.95. The largest absolute Gasteiger partial charge is 0.212 e. The van der Waals surface area contributed by atoms with Gasteiger partial charge >= 0.3 is 0 Å². The fraction of sp³-hybridized carbons (Fsp3) is 0.333. The molecule has 0 bridgehead atoms. The van der Waals surface area contributed by atoms with Crippen molar-refractivity contribution < 1.29 is 18.3 Å². The van der Waals surface area contributed by atoms with Gasteiger partial charge in [0.15, 0.2) is 24.8 Å². The van der Waals surface area contributed by atoms with Crippen LogP contribution < -0.4 is 18.3 Å². The number of rotatable bonds is 9. The molecule has 0 saturated heterocycles. The average Bonchev–Trinajstić information content (AvgIpc) is 3.31. The quantitative estimate of drug-likeness (QED) is 0.128. The second-order valence-electron chi connectivity index (χ2n) is 21.2. The fourth-order valence-corrected chi connectivity index (χ4v) is 8.95. The van der Waals surface area contributed by atoms with Crippen molar-refractivity contribution in [3.05, 3.63) is 215 Å². The second kappa shape index (κ2) is 25.4. The Hall–Kier alpha value is -6.52. The Morgan fingerprint density at radius 2 is 0.800 bits per heavy atom. The highest BCUT2D eigenvalue weighted by atomic mass is 14.9. The van der Waals surface area contributed by atoms with E-state index in [0.717, 1.165) is 19.3 Å². The van der Waals surface area contributed by atoms with Crippen molar-refractivity contribution in [2.45, 2.75) is 108 Å². The Labute approximate surface area is 424 Å². The van der Waals surface area contributed by atoms with Crippen LogP contribution in [-0.4, -0.2) is 0 Å². The van der Waals surface area contributed by atoms with Gasteiger partial charge in [0.05, 0.1) is 0 Å². The number of benzene rings is 4. The molecule has 0 aliphatic carbocycles. The van der Waals surface area contributed by atoms with Crippen LogP contribution in [0.5, 0.6) is 0 Å². The SMILES string of the molecule is CCc1cc[n+](C)c(-c2ccccc2C)c1.Cc1ccccc1-c1cc(C(C)C)cc[n+]1C.Cc1ccccc1-c1ccc(CC(C)(C)C)c[n+]1C.Cc1ccccc1-c1ccc(CC(C)C)c[n+]1C. The molecule has 0 unspecified atom stereocenters. The summed E-state index contributed by atoms with van der Waals surface area (Å²) < 4.78 is 8.85. The molecule has 4 aromatic heterocycles. The maximum absolute atomic E-state index is 2.30. The molecule has 4 heteroatoms. The lowest BCUT2D eigenvalue weighted by atomic mass is 9.88. The summed E-state index contributed by atoms with van der Waals surface area (Å²) in [5.41, 5.74) is 21.6. The van der Waals surface area contributed by atoms with Crippen molar-refractivity contribution >= 4 is 0 Å². The lowest BCUT2D eigenvalue weighted by Crippen LogP contribution is -2.32. The van der Waals surface area contributed by atoms with E-state index >= 15 is 0 Å². The Kier molecular flexibility index (Phi) is 19.7. The van der Waals surface area contributed by atoms with E-state index in [9.17, 15) is 0 Å². The van der Waals surface area contributed by atoms with Crippen LogP contribution in [0.4, 0.5) is 0 Å². The van der Waals surface area contributed by atoms with Crippen molar-refractivity contribution in [1.82, 2.24) is 0 Å². The highest BCUT2D eigenvalue weighted by molar-refractivity contribution is 5.63. The van der Waals surface area contributed by atoms with Crippen molar-refractivity contribution in [1.29, 1.82) is 0 Å². The number of hydrogen-bond donors (Lipinski definition) is 0. The Balaban J connectivity index is 0.000000174. The van der Waals surface area contributed by atoms with Gasteiger partial charge in [-0.2, -0.15) is 0 Å². The molecule has 0 radical (unpaired) electrons. The minimum Gasteiger partial charge on any atom is -0.201 e. The molecule has 0 amide bonds. The van der Waals surface area contributed by atoms with E-state index < -0.39 is 0 Å². The molecular weight excluding hydrogens is 849 g/mol. The standard InChI is InChI=1S/C18H24N.C17H22N.C16H20N.C15H18N/c1-14-8-6-7-9-16(14)17-11-10-15(13-19(17)5)12-18(2,3)4;1-13(2)11-15-9-10-17(18(4)12-15)16-8-6-5-7-14(16)3;1-12(2)14-9-10-17(4)16(11-14)15-8-6-5-7-13(15)3;1-4-13-9-10-16(3)15(11-13)14-8-6-5-7-12(14)2/h6-11,13H,12H2,1-5H3;5-10,12-13H,11H2,1-4H3;5-12H,1-4H3;5-11H,4H2,1-3H3/q4*+1. The molecule has 0 saturated carbocycles. The smallest absolute Gasteiger partial charge is 0.201 e. The molecule has 364 valence electrons. The van der Waals surface area contributed by atoms with Gasteiger partial charge in [-0.3, -0.25) is 0 Å². The number of pyridine rings is 4. The van der Waals surface area contributed by atoms with Crippen LogP contribution in [0.15, 0.2) is 170 Å². The average molecular weight is 933 g/mol. The van der Waals surface area contributed by atoms with Crippen molar-refractivity contribution in [3.8, 4) is 45.0 Å². The molecule has 70 heavy (non-hydrogen) atoms. The predicted octanol–water partition coefficient (Wildman–Crippen LogP) is 14.4. The van der Waals surface area contributed by atoms with Crippen LogP contribution in [0.1, 0.15) is 106 Å². The molecule has 4 aromatic carbocycles. The molecule has 4 heterocycles. The molecule has 0 fully saturated rings. The highest BCUT2D eigenvalue weighted by Gasteiger charge is 2.18. The van der Waals surface area contributed by atoms with Crippen LogP contribution >= 0.6 is 0 Å². The van der Waals surface area contributed by atoms with Crippen LogP contribution in [0.25, 0.3) is 45.0 Å². The zero-order valence-electron chi connectivity index (χ0n) is 45.7. The number of aromatic nitrogens is 4. The zero-order valence-corrected chi connectivity index (χ0v) is 45.7. The lowest BCUT2D eigenvalue weighted by molar-refractivity contribution is -0.661. The van der Waals surface area contributed by atoms with Gasteiger partial charge in [0.25, 0.3) is 0 Å². The van der Waals surface area contributed by atoms with E-state index in [0.29, 0.717) is 17.3 Å². The Morgan fingerprint density at radius 3 is 1.19 bits per heavy atom. The third-order valence-electron chi connectivity index (χ3n) is 12.9. The first-order valence-electron chi connectivity index (χ1n) is 25.5. The summed E-state index contributed by atoms with van der Waals surface area (Å²) >= 11 is 0. The minimum absolute atomic E-state index is 0.331. The summed E-state index contributed by atoms with van der Waals surface area (Å²) in [5, 5.41) is 0. The van der Waals surface area contributed by atoms with Gasteiger partial charge in [-0.05, 0) is 134 Å². The molecule has 0 spiro atoms. The number of nitrogens with zero attached hydrogens (tertiary/aromatic N) is 4. The first-order chi connectivity index (χ1) is 33.3. The summed E-state index contributed by atoms with van der Waals surface area (Å²) in [6.07, 6.45) is 12.1. The van der Waals surface area contributed by atoms with Crippen LogP contribution in [-0.2, 0) is 47.5 Å². The first-order valence-corrected chi connectivity index (χ1v) is 25.5. The van der Waals surface area contributed by atoms with Gasteiger partial charge in [-0.25, -0.2) is 18.3 Å². The summed E-state index contributed by atoms with van der Waals surface area (Å²) in [5.74, 6) is 1.27. The molecule has 0 aliphatic heterocycles. The van der Waals surface area contributed by atoms with Crippen molar-refractivity contribution in [2.24, 2.45) is 39.5 Å². The normalized spacial score (nSPS) is 11.0. The van der Waals surface area contributed by atoms with Gasteiger partial charge in [-0.1, -0.05) is 128 Å².